The van der Waals surface area contributed by atoms with Crippen molar-refractivity contribution in [1.29, 1.82) is 0 Å². The Morgan fingerprint density at radius 3 is 2.22 bits per heavy atom. The molecular weight excluding hydrogens is 440 g/mol. The number of aromatic nitrogens is 2. The fourth-order valence-electron chi connectivity index (χ4n) is 5.63. The van der Waals surface area contributed by atoms with Gasteiger partial charge in [0.15, 0.2) is 0 Å². The Bertz CT molecular complexity index is 1520. The zero-order valence-electron chi connectivity index (χ0n) is 20.6. The minimum absolute atomic E-state index is 0.0728. The van der Waals surface area contributed by atoms with E-state index in [4.69, 9.17) is 9.72 Å². The predicted octanol–water partition coefficient (Wildman–Crippen LogP) is 8.69. The number of pyridine rings is 2. The summed E-state index contributed by atoms with van der Waals surface area (Å²) in [5.74, 6) is 1.32. The van der Waals surface area contributed by atoms with Gasteiger partial charge in [-0.1, -0.05) is 74.5 Å². The second-order valence-corrected chi connectivity index (χ2v) is 9.33. The minimum Gasteiger partial charge on any atom is -0.439 e. The number of nitrogens with zero attached hydrogens (tertiary/aromatic N) is 2. The summed E-state index contributed by atoms with van der Waals surface area (Å²) in [7, 11) is 0. The summed E-state index contributed by atoms with van der Waals surface area (Å²) >= 11 is 0. The van der Waals surface area contributed by atoms with Crippen LogP contribution in [0.4, 0.5) is 0 Å². The normalized spacial score (nSPS) is 13.2. The van der Waals surface area contributed by atoms with Crippen LogP contribution in [0.2, 0.25) is 0 Å². The average molecular weight is 469 g/mol. The fourth-order valence-corrected chi connectivity index (χ4v) is 5.63. The van der Waals surface area contributed by atoms with Gasteiger partial charge in [-0.15, -0.1) is 0 Å². The van der Waals surface area contributed by atoms with Crippen LogP contribution in [0.5, 0.6) is 11.6 Å². The Kier molecular flexibility index (Phi) is 5.61. The highest BCUT2D eigenvalue weighted by atomic mass is 16.5. The molecule has 0 atom stereocenters. The zero-order valence-corrected chi connectivity index (χ0v) is 20.6. The fraction of sp³-hybridized carbons (Fsp3) is 0.152. The second-order valence-electron chi connectivity index (χ2n) is 9.33. The summed E-state index contributed by atoms with van der Waals surface area (Å²) in [6, 6.07) is 33.7. The lowest BCUT2D eigenvalue weighted by molar-refractivity contribution is 0.463. The van der Waals surface area contributed by atoms with E-state index >= 15 is 0 Å². The highest BCUT2D eigenvalue weighted by Gasteiger charge is 2.40. The molecule has 0 spiro atoms. The molecule has 0 aliphatic heterocycles. The Hall–Kier alpha value is -4.24. The monoisotopic (exact) mass is 468 g/mol. The van der Waals surface area contributed by atoms with Crippen molar-refractivity contribution in [3.05, 3.63) is 121 Å². The van der Waals surface area contributed by atoms with Gasteiger partial charge < -0.3 is 4.74 Å². The van der Waals surface area contributed by atoms with E-state index < -0.39 is 0 Å². The maximum Gasteiger partial charge on any atom is 0.219 e. The van der Waals surface area contributed by atoms with Gasteiger partial charge in [0.05, 0.1) is 5.69 Å². The molecule has 3 aromatic carbocycles. The maximum absolute atomic E-state index is 5.90. The third-order valence-corrected chi connectivity index (χ3v) is 7.56. The average Bonchev–Trinajstić information content (AvgIpc) is 3.23. The Morgan fingerprint density at radius 1 is 0.639 bits per heavy atom. The third kappa shape index (κ3) is 3.68. The molecule has 3 heteroatoms. The SMILES string of the molecule is CCC1(CC)c2ccccc2-c2ccc(-c3ccc(-c4cccc(Oc5ccccn5)c4)nc3)cc21. The lowest BCUT2D eigenvalue weighted by atomic mass is 9.73. The van der Waals surface area contributed by atoms with E-state index in [1.807, 2.05) is 42.6 Å². The lowest BCUT2D eigenvalue weighted by Crippen LogP contribution is -2.23. The number of hydrogen-bond donors (Lipinski definition) is 0. The zero-order chi connectivity index (χ0) is 24.5. The number of ether oxygens (including phenoxy) is 1. The molecule has 6 rings (SSSR count). The lowest BCUT2D eigenvalue weighted by Gasteiger charge is -2.30. The van der Waals surface area contributed by atoms with Crippen molar-refractivity contribution in [3.63, 3.8) is 0 Å². The molecule has 1 aliphatic rings. The first kappa shape index (κ1) is 22.2. The standard InChI is InChI=1S/C33H28N2O/c1-3-33(4-2)29-13-6-5-12-27(29)28-17-15-23(21-30(28)33)25-16-18-31(35-22-25)24-10-9-11-26(20-24)36-32-14-7-8-19-34-32/h5-22H,3-4H2,1-2H3. The van der Waals surface area contributed by atoms with Crippen molar-refractivity contribution < 1.29 is 4.74 Å². The Morgan fingerprint density at radius 2 is 1.44 bits per heavy atom. The molecule has 36 heavy (non-hydrogen) atoms. The molecule has 176 valence electrons. The van der Waals surface area contributed by atoms with Gasteiger partial charge in [0.1, 0.15) is 5.75 Å². The topological polar surface area (TPSA) is 35.0 Å². The molecule has 3 nitrogen and oxygen atoms in total. The van der Waals surface area contributed by atoms with Gasteiger partial charge in [0, 0.05) is 35.0 Å². The highest BCUT2D eigenvalue weighted by Crippen LogP contribution is 2.53. The second kappa shape index (κ2) is 9.09. The Labute approximate surface area is 212 Å². The first-order valence-corrected chi connectivity index (χ1v) is 12.6. The molecule has 0 unspecified atom stereocenters. The van der Waals surface area contributed by atoms with Crippen LogP contribution >= 0.6 is 0 Å². The summed E-state index contributed by atoms with van der Waals surface area (Å²) in [5.41, 5.74) is 9.97. The van der Waals surface area contributed by atoms with Crippen LogP contribution in [0.3, 0.4) is 0 Å². The first-order valence-electron chi connectivity index (χ1n) is 12.6. The van der Waals surface area contributed by atoms with Crippen LogP contribution in [-0.2, 0) is 5.41 Å². The molecule has 2 heterocycles. The van der Waals surface area contributed by atoms with Crippen molar-refractivity contribution in [1.82, 2.24) is 9.97 Å². The van der Waals surface area contributed by atoms with Gasteiger partial charge in [-0.2, -0.15) is 0 Å². The number of fused-ring (bicyclic) bond motifs is 3. The number of rotatable bonds is 6. The predicted molar refractivity (Wildman–Crippen MR) is 146 cm³/mol. The molecular formula is C33H28N2O. The maximum atomic E-state index is 5.90. The molecule has 5 aromatic rings. The highest BCUT2D eigenvalue weighted by molar-refractivity contribution is 5.84. The van der Waals surface area contributed by atoms with Crippen molar-refractivity contribution in [3.8, 4) is 45.1 Å². The molecule has 0 radical (unpaired) electrons. The van der Waals surface area contributed by atoms with E-state index in [-0.39, 0.29) is 5.41 Å². The number of hydrogen-bond acceptors (Lipinski definition) is 3. The molecule has 2 aromatic heterocycles. The molecule has 0 N–H and O–H groups in total. The molecule has 0 fully saturated rings. The minimum atomic E-state index is 0.0728. The molecule has 0 bridgehead atoms. The number of benzene rings is 3. The van der Waals surface area contributed by atoms with Crippen LogP contribution in [-0.4, -0.2) is 9.97 Å². The molecule has 1 aliphatic carbocycles. The van der Waals surface area contributed by atoms with Gasteiger partial charge in [-0.25, -0.2) is 4.98 Å². The van der Waals surface area contributed by atoms with Gasteiger partial charge in [-0.3, -0.25) is 4.98 Å². The van der Waals surface area contributed by atoms with Gasteiger partial charge in [0.2, 0.25) is 5.88 Å². The van der Waals surface area contributed by atoms with E-state index in [9.17, 15) is 0 Å². The van der Waals surface area contributed by atoms with Crippen LogP contribution in [0.25, 0.3) is 33.5 Å². The summed E-state index contributed by atoms with van der Waals surface area (Å²) in [4.78, 5) is 9.06. The Balaban J connectivity index is 1.31. The summed E-state index contributed by atoms with van der Waals surface area (Å²) in [6.45, 7) is 4.62. The largest absolute Gasteiger partial charge is 0.439 e. The van der Waals surface area contributed by atoms with Crippen LogP contribution in [0.1, 0.15) is 37.8 Å². The van der Waals surface area contributed by atoms with Gasteiger partial charge >= 0.3 is 0 Å². The summed E-state index contributed by atoms with van der Waals surface area (Å²) in [6.07, 6.45) is 5.88. The van der Waals surface area contributed by atoms with Crippen molar-refractivity contribution in [2.45, 2.75) is 32.1 Å². The van der Waals surface area contributed by atoms with E-state index in [0.29, 0.717) is 5.88 Å². The first-order chi connectivity index (χ1) is 17.7. The summed E-state index contributed by atoms with van der Waals surface area (Å²) in [5, 5.41) is 0. The van der Waals surface area contributed by atoms with Gasteiger partial charge in [-0.05, 0) is 71.0 Å². The van der Waals surface area contributed by atoms with Crippen LogP contribution in [0, 0.1) is 0 Å². The van der Waals surface area contributed by atoms with E-state index in [1.165, 1.54) is 27.8 Å². The van der Waals surface area contributed by atoms with Crippen LogP contribution in [0.15, 0.2) is 109 Å². The van der Waals surface area contributed by atoms with E-state index in [2.05, 4.69) is 79.5 Å². The van der Waals surface area contributed by atoms with Crippen molar-refractivity contribution in [2.24, 2.45) is 0 Å². The van der Waals surface area contributed by atoms with E-state index in [0.717, 1.165) is 35.4 Å². The van der Waals surface area contributed by atoms with E-state index in [1.54, 1.807) is 6.20 Å². The van der Waals surface area contributed by atoms with Crippen molar-refractivity contribution >= 4 is 0 Å². The third-order valence-electron chi connectivity index (χ3n) is 7.56. The molecule has 0 amide bonds. The molecule has 0 saturated heterocycles. The smallest absolute Gasteiger partial charge is 0.219 e. The van der Waals surface area contributed by atoms with Gasteiger partial charge in [0.25, 0.3) is 0 Å². The quantitative estimate of drug-likeness (QED) is 0.250. The van der Waals surface area contributed by atoms with Crippen molar-refractivity contribution in [2.75, 3.05) is 0 Å². The molecule has 0 saturated carbocycles. The van der Waals surface area contributed by atoms with Crippen LogP contribution < -0.4 is 4.74 Å². The summed E-state index contributed by atoms with van der Waals surface area (Å²) < 4.78 is 5.90.